The predicted molar refractivity (Wildman–Crippen MR) is 32.8 cm³/mol. The van der Waals surface area contributed by atoms with Gasteiger partial charge in [-0.2, -0.15) is 0 Å². The number of aliphatic hydroxyl groups is 1. The second kappa shape index (κ2) is 2.35. The van der Waals surface area contributed by atoms with Gasteiger partial charge in [-0.05, 0) is 6.42 Å². The first-order valence-electron chi connectivity index (χ1n) is 3.17. The highest BCUT2D eigenvalue weighted by Gasteiger charge is 2.33. The number of hydrogen-bond donors (Lipinski definition) is 2. The smallest absolute Gasteiger partial charge is 0.225 e. The highest BCUT2D eigenvalue weighted by Crippen LogP contribution is 2.15. The Morgan fingerprint density at radius 2 is 2.44 bits per heavy atom. The number of carbonyl (C=O) groups is 1. The summed E-state index contributed by atoms with van der Waals surface area (Å²) in [5.74, 6) is 0.214. The van der Waals surface area contributed by atoms with Crippen molar-refractivity contribution in [2.75, 3.05) is 6.61 Å². The van der Waals surface area contributed by atoms with E-state index in [9.17, 15) is 4.79 Å². The molecule has 3 heteroatoms. The number of rotatable bonds is 2. The van der Waals surface area contributed by atoms with Crippen LogP contribution >= 0.6 is 0 Å². The molecular weight excluding hydrogens is 118 g/mol. The molecule has 2 unspecified atom stereocenters. The molecule has 1 rings (SSSR count). The average molecular weight is 129 g/mol. The molecule has 0 aromatic heterocycles. The van der Waals surface area contributed by atoms with Gasteiger partial charge in [0.05, 0.1) is 5.92 Å². The summed E-state index contributed by atoms with van der Waals surface area (Å²) in [6, 6.07) is 0.225. The maximum absolute atomic E-state index is 10.5. The number of carbonyl (C=O) groups excluding carboxylic acids is 1. The van der Waals surface area contributed by atoms with Gasteiger partial charge in [-0.25, -0.2) is 0 Å². The van der Waals surface area contributed by atoms with Crippen LogP contribution in [0, 0.1) is 5.92 Å². The van der Waals surface area contributed by atoms with Crippen LogP contribution in [0.25, 0.3) is 0 Å². The fourth-order valence-electron chi connectivity index (χ4n) is 0.987. The number of nitrogens with one attached hydrogen (secondary N) is 1. The Balaban J connectivity index is 2.25. The van der Waals surface area contributed by atoms with E-state index in [4.69, 9.17) is 5.11 Å². The van der Waals surface area contributed by atoms with E-state index in [-0.39, 0.29) is 24.5 Å². The van der Waals surface area contributed by atoms with Crippen LogP contribution in [0.4, 0.5) is 0 Å². The van der Waals surface area contributed by atoms with E-state index >= 15 is 0 Å². The third kappa shape index (κ3) is 1.05. The molecule has 3 nitrogen and oxygen atoms in total. The third-order valence-corrected chi connectivity index (χ3v) is 1.78. The molecule has 0 saturated carbocycles. The summed E-state index contributed by atoms with van der Waals surface area (Å²) in [5.41, 5.74) is 0. The minimum Gasteiger partial charge on any atom is -0.396 e. The van der Waals surface area contributed by atoms with Crippen LogP contribution in [0.1, 0.15) is 13.3 Å². The molecule has 1 amide bonds. The Labute approximate surface area is 54.1 Å². The first-order valence-corrected chi connectivity index (χ1v) is 3.17. The average Bonchev–Trinajstić information content (AvgIpc) is 1.88. The van der Waals surface area contributed by atoms with Gasteiger partial charge in [0.1, 0.15) is 0 Å². The van der Waals surface area contributed by atoms with Crippen molar-refractivity contribution >= 4 is 5.91 Å². The summed E-state index contributed by atoms with van der Waals surface area (Å²) in [6.07, 6.45) is 0.687. The lowest BCUT2D eigenvalue weighted by Gasteiger charge is -2.33. The molecule has 0 spiro atoms. The monoisotopic (exact) mass is 129 g/mol. The zero-order valence-electron chi connectivity index (χ0n) is 5.42. The molecule has 1 aliphatic heterocycles. The molecule has 0 aromatic rings. The highest BCUT2D eigenvalue weighted by atomic mass is 16.3. The lowest BCUT2D eigenvalue weighted by Crippen LogP contribution is -2.56. The standard InChI is InChI=1S/C6H11NO2/c1-4-5(2-3-8)7-6(4)9/h4-5,8H,2-3H2,1H3,(H,7,9). The Morgan fingerprint density at radius 1 is 1.78 bits per heavy atom. The second-order valence-corrected chi connectivity index (χ2v) is 2.42. The SMILES string of the molecule is CC1C(=O)NC1CCO. The lowest BCUT2D eigenvalue weighted by atomic mass is 9.90. The lowest BCUT2D eigenvalue weighted by molar-refractivity contribution is -0.134. The number of aliphatic hydroxyl groups excluding tert-OH is 1. The van der Waals surface area contributed by atoms with Crippen LogP contribution in [-0.4, -0.2) is 23.7 Å². The number of amides is 1. The number of β-lactam (4-membered cyclic amide) rings is 1. The molecule has 9 heavy (non-hydrogen) atoms. The van der Waals surface area contributed by atoms with Crippen LogP contribution in [0.5, 0.6) is 0 Å². The predicted octanol–water partition coefficient (Wildman–Crippen LogP) is -0.497. The highest BCUT2D eigenvalue weighted by molar-refractivity contribution is 5.85. The number of hydrogen-bond acceptors (Lipinski definition) is 2. The zero-order valence-corrected chi connectivity index (χ0v) is 5.42. The van der Waals surface area contributed by atoms with Crippen LogP contribution in [0.3, 0.4) is 0 Å². The topological polar surface area (TPSA) is 49.3 Å². The van der Waals surface area contributed by atoms with Gasteiger partial charge in [0.25, 0.3) is 0 Å². The summed E-state index contributed by atoms with van der Waals surface area (Å²) in [7, 11) is 0. The van der Waals surface area contributed by atoms with E-state index in [1.54, 1.807) is 0 Å². The molecule has 1 fully saturated rings. The Bertz CT molecular complexity index is 124. The minimum absolute atomic E-state index is 0.105. The fourth-order valence-corrected chi connectivity index (χ4v) is 0.987. The summed E-state index contributed by atoms with van der Waals surface area (Å²) in [6.45, 7) is 2.04. The Morgan fingerprint density at radius 3 is 2.78 bits per heavy atom. The molecule has 1 saturated heterocycles. The van der Waals surface area contributed by atoms with Crippen LogP contribution in [-0.2, 0) is 4.79 Å². The van der Waals surface area contributed by atoms with Crippen molar-refractivity contribution in [1.29, 1.82) is 0 Å². The molecule has 0 aliphatic carbocycles. The van der Waals surface area contributed by atoms with Gasteiger partial charge in [0, 0.05) is 12.6 Å². The van der Waals surface area contributed by atoms with Gasteiger partial charge in [-0.15, -0.1) is 0 Å². The van der Waals surface area contributed by atoms with Gasteiger partial charge in [-0.1, -0.05) is 6.92 Å². The molecule has 1 heterocycles. The van der Waals surface area contributed by atoms with Crippen LogP contribution in [0.15, 0.2) is 0 Å². The van der Waals surface area contributed by atoms with E-state index in [0.29, 0.717) is 6.42 Å². The second-order valence-electron chi connectivity index (χ2n) is 2.42. The van der Waals surface area contributed by atoms with E-state index in [0.717, 1.165) is 0 Å². The van der Waals surface area contributed by atoms with Crippen molar-refractivity contribution in [2.24, 2.45) is 5.92 Å². The van der Waals surface area contributed by atoms with Crippen molar-refractivity contribution in [1.82, 2.24) is 5.32 Å². The van der Waals surface area contributed by atoms with Gasteiger partial charge in [0.15, 0.2) is 0 Å². The summed E-state index contributed by atoms with van der Waals surface area (Å²) < 4.78 is 0. The van der Waals surface area contributed by atoms with Crippen molar-refractivity contribution < 1.29 is 9.90 Å². The van der Waals surface area contributed by atoms with Gasteiger partial charge in [0.2, 0.25) is 5.91 Å². The van der Waals surface area contributed by atoms with E-state index in [1.165, 1.54) is 0 Å². The molecular formula is C6H11NO2. The summed E-state index contributed by atoms with van der Waals surface area (Å²) in [5, 5.41) is 11.1. The quantitative estimate of drug-likeness (QED) is 0.494. The first-order chi connectivity index (χ1) is 4.25. The normalized spacial score (nSPS) is 33.3. The molecule has 0 bridgehead atoms. The van der Waals surface area contributed by atoms with Crippen molar-refractivity contribution in [2.45, 2.75) is 19.4 Å². The summed E-state index contributed by atoms with van der Waals surface area (Å²) in [4.78, 5) is 10.5. The van der Waals surface area contributed by atoms with Crippen LogP contribution < -0.4 is 5.32 Å². The van der Waals surface area contributed by atoms with Crippen molar-refractivity contribution in [3.05, 3.63) is 0 Å². The Kier molecular flexibility index (Phi) is 1.71. The third-order valence-electron chi connectivity index (χ3n) is 1.78. The largest absolute Gasteiger partial charge is 0.396 e. The van der Waals surface area contributed by atoms with Gasteiger partial charge < -0.3 is 10.4 Å². The molecule has 0 aromatic carbocycles. The first kappa shape index (κ1) is 6.55. The van der Waals surface area contributed by atoms with E-state index in [2.05, 4.69) is 5.32 Å². The maximum Gasteiger partial charge on any atom is 0.225 e. The fraction of sp³-hybridized carbons (Fsp3) is 0.833. The van der Waals surface area contributed by atoms with Crippen molar-refractivity contribution in [3.63, 3.8) is 0 Å². The summed E-state index contributed by atoms with van der Waals surface area (Å²) >= 11 is 0. The zero-order chi connectivity index (χ0) is 6.85. The van der Waals surface area contributed by atoms with Gasteiger partial charge in [-0.3, -0.25) is 4.79 Å². The molecule has 52 valence electrons. The van der Waals surface area contributed by atoms with E-state index < -0.39 is 0 Å². The van der Waals surface area contributed by atoms with Crippen LogP contribution in [0.2, 0.25) is 0 Å². The minimum atomic E-state index is 0.105. The molecule has 1 aliphatic rings. The van der Waals surface area contributed by atoms with Crippen molar-refractivity contribution in [3.8, 4) is 0 Å². The molecule has 0 radical (unpaired) electrons. The molecule has 2 N–H and O–H groups in total. The Hall–Kier alpha value is -0.570. The molecule has 2 atom stereocenters. The maximum atomic E-state index is 10.5. The van der Waals surface area contributed by atoms with E-state index in [1.807, 2.05) is 6.92 Å². The van der Waals surface area contributed by atoms with Gasteiger partial charge >= 0.3 is 0 Å².